The lowest BCUT2D eigenvalue weighted by Gasteiger charge is -2.28. The maximum absolute atomic E-state index is 13.2. The molecule has 0 spiro atoms. The van der Waals surface area contributed by atoms with Crippen LogP contribution in [0.1, 0.15) is 17.5 Å². The first-order valence-electron chi connectivity index (χ1n) is 9.16. The van der Waals surface area contributed by atoms with Gasteiger partial charge < -0.3 is 10.1 Å². The average Bonchev–Trinajstić information content (AvgIpc) is 3.19. The van der Waals surface area contributed by atoms with Crippen LogP contribution < -0.4 is 10.1 Å². The lowest BCUT2D eigenvalue weighted by molar-refractivity contribution is 0.306. The lowest BCUT2D eigenvalue weighted by atomic mass is 9.97. The van der Waals surface area contributed by atoms with Crippen molar-refractivity contribution in [3.05, 3.63) is 95.8 Å². The van der Waals surface area contributed by atoms with E-state index >= 15 is 0 Å². The Morgan fingerprint density at radius 3 is 2.33 bits per heavy atom. The fraction of sp³-hybridized carbons (Fsp3) is 0.217. The van der Waals surface area contributed by atoms with Crippen LogP contribution in [-0.4, -0.2) is 13.1 Å². The third-order valence-electron chi connectivity index (χ3n) is 4.87. The summed E-state index contributed by atoms with van der Waals surface area (Å²) in [6.45, 7) is 2.46. The van der Waals surface area contributed by atoms with Gasteiger partial charge in [-0.1, -0.05) is 42.5 Å². The number of ether oxygens (including phenoxy) is 1. The predicted octanol–water partition coefficient (Wildman–Crippen LogP) is 5.39. The second-order valence-corrected chi connectivity index (χ2v) is 8.23. The van der Waals surface area contributed by atoms with Gasteiger partial charge in [0, 0.05) is 11.4 Å². The van der Waals surface area contributed by atoms with Crippen LogP contribution in [-0.2, 0) is 11.4 Å². The maximum atomic E-state index is 13.2. The molecule has 0 aliphatic carbocycles. The minimum atomic E-state index is -0.196. The molecule has 0 bridgehead atoms. The highest BCUT2D eigenvalue weighted by Crippen LogP contribution is 2.46. The summed E-state index contributed by atoms with van der Waals surface area (Å²) in [4.78, 5) is 1.09. The van der Waals surface area contributed by atoms with Gasteiger partial charge in [-0.25, -0.2) is 4.39 Å². The summed E-state index contributed by atoms with van der Waals surface area (Å²) in [6, 6.07) is 25.3. The van der Waals surface area contributed by atoms with E-state index in [1.54, 1.807) is 11.8 Å². The Morgan fingerprint density at radius 1 is 0.926 bits per heavy atom. The molecule has 0 aromatic heterocycles. The quantitative estimate of drug-likeness (QED) is 0.621. The van der Waals surface area contributed by atoms with E-state index in [4.69, 9.17) is 4.74 Å². The van der Waals surface area contributed by atoms with Crippen molar-refractivity contribution in [3.63, 3.8) is 0 Å². The van der Waals surface area contributed by atoms with E-state index < -0.39 is 0 Å². The van der Waals surface area contributed by atoms with Gasteiger partial charge >= 0.3 is 0 Å². The Bertz CT molecular complexity index is 859. The molecule has 1 N–H and O–H groups in total. The minimum absolute atomic E-state index is 0.0320. The molecule has 0 amide bonds. The van der Waals surface area contributed by atoms with Gasteiger partial charge in [-0.05, 0) is 60.5 Å². The summed E-state index contributed by atoms with van der Waals surface area (Å²) < 4.78 is 19.1. The second kappa shape index (κ2) is 8.15. The molecule has 1 saturated heterocycles. The van der Waals surface area contributed by atoms with Crippen molar-refractivity contribution >= 4 is 11.8 Å². The number of halogens is 1. The molecule has 0 radical (unpaired) electrons. The largest absolute Gasteiger partial charge is 0.489 e. The Morgan fingerprint density at radius 2 is 1.67 bits per heavy atom. The van der Waals surface area contributed by atoms with Gasteiger partial charge in [0.05, 0.1) is 4.75 Å². The normalized spacial score (nSPS) is 19.1. The molecular weight excluding hydrogens is 357 g/mol. The van der Waals surface area contributed by atoms with Gasteiger partial charge in [0.15, 0.2) is 0 Å². The summed E-state index contributed by atoms with van der Waals surface area (Å²) in [5.74, 6) is 0.674. The molecule has 4 heteroatoms. The Labute approximate surface area is 163 Å². The molecule has 0 saturated carbocycles. The van der Waals surface area contributed by atoms with Crippen molar-refractivity contribution in [1.82, 2.24) is 5.32 Å². The number of thioether (sulfide) groups is 1. The Hall–Kier alpha value is -2.30. The molecule has 1 atom stereocenters. The first kappa shape index (κ1) is 18.1. The first-order valence-corrected chi connectivity index (χ1v) is 9.98. The number of benzene rings is 3. The van der Waals surface area contributed by atoms with Gasteiger partial charge in [-0.3, -0.25) is 0 Å². The van der Waals surface area contributed by atoms with Crippen molar-refractivity contribution < 1.29 is 9.13 Å². The van der Waals surface area contributed by atoms with Crippen molar-refractivity contribution in [2.45, 2.75) is 22.7 Å². The van der Waals surface area contributed by atoms with E-state index in [1.807, 2.05) is 42.5 Å². The Balaban J connectivity index is 1.48. The summed E-state index contributed by atoms with van der Waals surface area (Å²) in [7, 11) is 0. The maximum Gasteiger partial charge on any atom is 0.123 e. The van der Waals surface area contributed by atoms with E-state index in [-0.39, 0.29) is 10.6 Å². The molecular formula is C23H22FNOS. The van der Waals surface area contributed by atoms with Crippen LogP contribution in [0, 0.1) is 5.82 Å². The molecule has 4 rings (SSSR count). The third kappa shape index (κ3) is 4.34. The lowest BCUT2D eigenvalue weighted by Crippen LogP contribution is -2.25. The fourth-order valence-corrected chi connectivity index (χ4v) is 4.74. The summed E-state index contributed by atoms with van der Waals surface area (Å²) in [5.41, 5.74) is 2.43. The predicted molar refractivity (Wildman–Crippen MR) is 109 cm³/mol. The van der Waals surface area contributed by atoms with Crippen molar-refractivity contribution in [2.75, 3.05) is 13.1 Å². The SMILES string of the molecule is Fc1ccc(SC2(c3ccc(OCc4ccccc4)cc3)CCNC2)cc1. The van der Waals surface area contributed by atoms with Crippen LogP contribution >= 0.6 is 11.8 Å². The number of nitrogens with one attached hydrogen (secondary N) is 1. The van der Waals surface area contributed by atoms with E-state index in [0.717, 1.165) is 35.7 Å². The molecule has 1 unspecified atom stereocenters. The van der Waals surface area contributed by atoms with Crippen LogP contribution in [0.3, 0.4) is 0 Å². The van der Waals surface area contributed by atoms with E-state index in [2.05, 4.69) is 29.6 Å². The van der Waals surface area contributed by atoms with Crippen molar-refractivity contribution in [1.29, 1.82) is 0 Å². The molecule has 138 valence electrons. The van der Waals surface area contributed by atoms with E-state index in [9.17, 15) is 4.39 Å². The summed E-state index contributed by atoms with van der Waals surface area (Å²) in [6.07, 6.45) is 1.04. The highest BCUT2D eigenvalue weighted by molar-refractivity contribution is 8.00. The standard InChI is InChI=1S/C23H22FNOS/c24-20-8-12-22(13-9-20)27-23(14-15-25-17-23)19-6-10-21(11-7-19)26-16-18-4-2-1-3-5-18/h1-13,25H,14-17H2. The average molecular weight is 380 g/mol. The van der Waals surface area contributed by atoms with E-state index in [1.165, 1.54) is 17.7 Å². The van der Waals surface area contributed by atoms with Crippen LogP contribution in [0.25, 0.3) is 0 Å². The molecule has 3 aromatic rings. The van der Waals surface area contributed by atoms with Gasteiger partial charge in [0.25, 0.3) is 0 Å². The molecule has 2 nitrogen and oxygen atoms in total. The third-order valence-corrected chi connectivity index (χ3v) is 6.35. The zero-order valence-electron chi connectivity index (χ0n) is 15.0. The minimum Gasteiger partial charge on any atom is -0.489 e. The zero-order chi connectivity index (χ0) is 18.5. The highest BCUT2D eigenvalue weighted by atomic mass is 32.2. The van der Waals surface area contributed by atoms with Gasteiger partial charge in [-0.2, -0.15) is 0 Å². The highest BCUT2D eigenvalue weighted by Gasteiger charge is 2.36. The van der Waals surface area contributed by atoms with Gasteiger partial charge in [-0.15, -0.1) is 11.8 Å². The van der Waals surface area contributed by atoms with Crippen molar-refractivity contribution in [2.24, 2.45) is 0 Å². The molecule has 27 heavy (non-hydrogen) atoms. The van der Waals surface area contributed by atoms with Gasteiger partial charge in [0.1, 0.15) is 18.2 Å². The molecule has 1 aliphatic heterocycles. The van der Waals surface area contributed by atoms with Crippen LogP contribution in [0.15, 0.2) is 83.8 Å². The topological polar surface area (TPSA) is 21.3 Å². The number of hydrogen-bond acceptors (Lipinski definition) is 3. The summed E-state index contributed by atoms with van der Waals surface area (Å²) >= 11 is 1.81. The Kier molecular flexibility index (Phi) is 5.46. The zero-order valence-corrected chi connectivity index (χ0v) is 15.8. The molecule has 3 aromatic carbocycles. The smallest absolute Gasteiger partial charge is 0.123 e. The molecule has 1 heterocycles. The van der Waals surface area contributed by atoms with Gasteiger partial charge in [0.2, 0.25) is 0 Å². The first-order chi connectivity index (χ1) is 13.2. The molecule has 1 aliphatic rings. The molecule has 1 fully saturated rings. The van der Waals surface area contributed by atoms with Crippen LogP contribution in [0.2, 0.25) is 0 Å². The van der Waals surface area contributed by atoms with E-state index in [0.29, 0.717) is 6.61 Å². The second-order valence-electron chi connectivity index (χ2n) is 6.78. The monoisotopic (exact) mass is 379 g/mol. The number of hydrogen-bond donors (Lipinski definition) is 1. The number of rotatable bonds is 6. The summed E-state index contributed by atoms with van der Waals surface area (Å²) in [5, 5.41) is 3.48. The fourth-order valence-electron chi connectivity index (χ4n) is 3.39. The van der Waals surface area contributed by atoms with Crippen LogP contribution in [0.4, 0.5) is 4.39 Å². The van der Waals surface area contributed by atoms with Crippen molar-refractivity contribution in [3.8, 4) is 5.75 Å². The van der Waals surface area contributed by atoms with Crippen LogP contribution in [0.5, 0.6) is 5.75 Å².